The molecule has 0 atom stereocenters. The number of rotatable bonds is 7. The summed E-state index contributed by atoms with van der Waals surface area (Å²) in [5.74, 6) is -0.201. The molecule has 0 saturated carbocycles. The average Bonchev–Trinajstić information content (AvgIpc) is 2.85. The second-order valence-electron chi connectivity index (χ2n) is 7.25. The number of amides is 1. The minimum atomic E-state index is -0.201. The molecular formula is C26H22N6O. The summed E-state index contributed by atoms with van der Waals surface area (Å²) in [6, 6.07) is 22.4. The van der Waals surface area contributed by atoms with E-state index < -0.39 is 0 Å². The van der Waals surface area contributed by atoms with E-state index in [-0.39, 0.29) is 5.91 Å². The molecule has 0 bridgehead atoms. The lowest BCUT2D eigenvalue weighted by Crippen LogP contribution is -2.12. The summed E-state index contributed by atoms with van der Waals surface area (Å²) in [5, 5.41) is 18.8. The van der Waals surface area contributed by atoms with Gasteiger partial charge in [0.2, 0.25) is 0 Å². The van der Waals surface area contributed by atoms with Crippen molar-refractivity contribution in [3.63, 3.8) is 0 Å². The van der Waals surface area contributed by atoms with E-state index in [2.05, 4.69) is 32.0 Å². The van der Waals surface area contributed by atoms with Crippen LogP contribution in [0.2, 0.25) is 0 Å². The zero-order valence-electron chi connectivity index (χ0n) is 18.0. The van der Waals surface area contributed by atoms with Crippen molar-refractivity contribution < 1.29 is 4.79 Å². The van der Waals surface area contributed by atoms with E-state index in [9.17, 15) is 10.1 Å². The first-order valence-corrected chi connectivity index (χ1v) is 10.5. The molecule has 3 N–H and O–H groups in total. The second kappa shape index (κ2) is 10.1. The minimum Gasteiger partial charge on any atom is -0.355 e. The van der Waals surface area contributed by atoms with Crippen molar-refractivity contribution in [1.29, 1.82) is 5.26 Å². The van der Waals surface area contributed by atoms with Crippen molar-refractivity contribution in [3.8, 4) is 6.07 Å². The number of aromatic nitrogens is 2. The van der Waals surface area contributed by atoms with Crippen LogP contribution in [-0.2, 0) is 6.42 Å². The molecule has 4 rings (SSSR count). The summed E-state index contributed by atoms with van der Waals surface area (Å²) < 4.78 is 0. The number of nitrogens with one attached hydrogen (secondary N) is 3. The quantitative estimate of drug-likeness (QED) is 0.347. The predicted octanol–water partition coefficient (Wildman–Crippen LogP) is 5.65. The Bertz CT molecular complexity index is 1300. The molecule has 0 aliphatic carbocycles. The zero-order valence-corrected chi connectivity index (χ0v) is 18.0. The summed E-state index contributed by atoms with van der Waals surface area (Å²) in [7, 11) is 0. The van der Waals surface area contributed by atoms with Crippen LogP contribution < -0.4 is 16.0 Å². The third-order valence-electron chi connectivity index (χ3n) is 5.03. The number of nitrogens with zero attached hydrogens (tertiary/aromatic N) is 3. The van der Waals surface area contributed by atoms with Gasteiger partial charge in [-0.25, -0.2) is 4.98 Å². The Balaban J connectivity index is 1.44. The fraction of sp³-hybridized carbons (Fsp3) is 0.0769. The Morgan fingerprint density at radius 2 is 1.61 bits per heavy atom. The number of benzene rings is 2. The summed E-state index contributed by atoms with van der Waals surface area (Å²) in [6.07, 6.45) is 5.72. The molecule has 7 nitrogen and oxygen atoms in total. The first kappa shape index (κ1) is 21.5. The molecule has 0 spiro atoms. The van der Waals surface area contributed by atoms with Gasteiger partial charge in [-0.05, 0) is 67.1 Å². The molecule has 0 aliphatic heterocycles. The molecule has 162 valence electrons. The lowest BCUT2D eigenvalue weighted by molar-refractivity contribution is 0.102. The Morgan fingerprint density at radius 3 is 2.33 bits per heavy atom. The maximum atomic E-state index is 12.7. The molecule has 7 heteroatoms. The minimum absolute atomic E-state index is 0.201. The normalized spacial score (nSPS) is 10.2. The Kier molecular flexibility index (Phi) is 6.57. The molecule has 0 unspecified atom stereocenters. The van der Waals surface area contributed by atoms with Gasteiger partial charge in [0.25, 0.3) is 5.91 Å². The molecule has 2 heterocycles. The van der Waals surface area contributed by atoms with E-state index in [1.54, 1.807) is 30.7 Å². The Hall–Kier alpha value is -4.70. The van der Waals surface area contributed by atoms with E-state index in [0.717, 1.165) is 28.3 Å². The van der Waals surface area contributed by atoms with Crippen molar-refractivity contribution in [2.45, 2.75) is 13.3 Å². The zero-order chi connectivity index (χ0) is 23.0. The van der Waals surface area contributed by atoms with E-state index in [4.69, 9.17) is 0 Å². The number of carbonyl (C=O) groups excluding carboxylic acids is 1. The number of anilines is 5. The van der Waals surface area contributed by atoms with Gasteiger partial charge in [-0.1, -0.05) is 13.0 Å². The van der Waals surface area contributed by atoms with Crippen LogP contribution in [0.4, 0.5) is 28.4 Å². The highest BCUT2D eigenvalue weighted by atomic mass is 16.1. The van der Waals surface area contributed by atoms with Gasteiger partial charge in [-0.2, -0.15) is 5.26 Å². The highest BCUT2D eigenvalue weighted by Gasteiger charge is 2.10. The van der Waals surface area contributed by atoms with Crippen molar-refractivity contribution >= 4 is 34.3 Å². The van der Waals surface area contributed by atoms with Crippen LogP contribution in [0.1, 0.15) is 28.5 Å². The molecule has 0 radical (unpaired) electrons. The third kappa shape index (κ3) is 5.32. The Labute approximate surface area is 192 Å². The smallest absolute Gasteiger partial charge is 0.255 e. The SMILES string of the molecule is CCc1c(Nc2cccc(NC(=O)c3ccc(Nc4ccncc4)cc3)c2)ccnc1C#N. The topological polar surface area (TPSA) is 103 Å². The van der Waals surface area contributed by atoms with Crippen molar-refractivity contribution in [3.05, 3.63) is 102 Å². The van der Waals surface area contributed by atoms with Crippen LogP contribution in [0, 0.1) is 11.3 Å². The molecule has 0 fully saturated rings. The summed E-state index contributed by atoms with van der Waals surface area (Å²) in [6.45, 7) is 1.98. The lowest BCUT2D eigenvalue weighted by Gasteiger charge is -2.13. The van der Waals surface area contributed by atoms with Gasteiger partial charge >= 0.3 is 0 Å². The molecule has 0 saturated heterocycles. The van der Waals surface area contributed by atoms with Gasteiger partial charge in [0.1, 0.15) is 11.8 Å². The van der Waals surface area contributed by atoms with Crippen LogP contribution in [0.5, 0.6) is 0 Å². The average molecular weight is 435 g/mol. The number of pyridine rings is 2. The van der Waals surface area contributed by atoms with Crippen LogP contribution >= 0.6 is 0 Å². The number of hydrogen-bond donors (Lipinski definition) is 3. The molecular weight excluding hydrogens is 412 g/mol. The van der Waals surface area contributed by atoms with Gasteiger partial charge in [-0.3, -0.25) is 9.78 Å². The van der Waals surface area contributed by atoms with Gasteiger partial charge in [0.05, 0.1) is 0 Å². The fourth-order valence-corrected chi connectivity index (χ4v) is 3.40. The van der Waals surface area contributed by atoms with Gasteiger partial charge < -0.3 is 16.0 Å². The van der Waals surface area contributed by atoms with Crippen LogP contribution in [0.15, 0.2) is 85.3 Å². The summed E-state index contributed by atoms with van der Waals surface area (Å²) >= 11 is 0. The van der Waals surface area contributed by atoms with E-state index in [1.807, 2.05) is 61.5 Å². The third-order valence-corrected chi connectivity index (χ3v) is 5.03. The predicted molar refractivity (Wildman–Crippen MR) is 130 cm³/mol. The molecule has 0 aliphatic rings. The fourth-order valence-electron chi connectivity index (χ4n) is 3.40. The molecule has 2 aromatic heterocycles. The first-order valence-electron chi connectivity index (χ1n) is 10.5. The molecule has 2 aromatic carbocycles. The number of nitriles is 1. The number of hydrogen-bond acceptors (Lipinski definition) is 6. The van der Waals surface area contributed by atoms with Crippen LogP contribution in [0.3, 0.4) is 0 Å². The Morgan fingerprint density at radius 1 is 0.879 bits per heavy atom. The second-order valence-corrected chi connectivity index (χ2v) is 7.25. The van der Waals surface area contributed by atoms with Gasteiger partial charge in [-0.15, -0.1) is 0 Å². The monoisotopic (exact) mass is 434 g/mol. The lowest BCUT2D eigenvalue weighted by atomic mass is 10.1. The molecule has 4 aromatic rings. The number of carbonyl (C=O) groups is 1. The summed E-state index contributed by atoms with van der Waals surface area (Å²) in [4.78, 5) is 20.9. The van der Waals surface area contributed by atoms with Crippen molar-refractivity contribution in [2.75, 3.05) is 16.0 Å². The van der Waals surface area contributed by atoms with Crippen LogP contribution in [0.25, 0.3) is 0 Å². The van der Waals surface area contributed by atoms with Gasteiger partial charge in [0.15, 0.2) is 0 Å². The molecule has 33 heavy (non-hydrogen) atoms. The standard InChI is InChI=1S/C26H22N6O/c1-2-23-24(12-15-29-25(23)17-27)31-21-4-3-5-22(16-21)32-26(33)18-6-8-19(9-7-18)30-20-10-13-28-14-11-20/h3-16H,2H2,1H3,(H,28,30)(H,29,31)(H,32,33). The van der Waals surface area contributed by atoms with E-state index in [1.165, 1.54) is 0 Å². The first-order chi connectivity index (χ1) is 16.2. The largest absolute Gasteiger partial charge is 0.355 e. The van der Waals surface area contributed by atoms with E-state index >= 15 is 0 Å². The highest BCUT2D eigenvalue weighted by molar-refractivity contribution is 6.04. The maximum Gasteiger partial charge on any atom is 0.255 e. The van der Waals surface area contributed by atoms with Crippen molar-refractivity contribution in [2.24, 2.45) is 0 Å². The van der Waals surface area contributed by atoms with Crippen LogP contribution in [-0.4, -0.2) is 15.9 Å². The van der Waals surface area contributed by atoms with Gasteiger partial charge in [0, 0.05) is 58.2 Å². The molecule has 1 amide bonds. The highest BCUT2D eigenvalue weighted by Crippen LogP contribution is 2.25. The van der Waals surface area contributed by atoms with E-state index in [0.29, 0.717) is 23.4 Å². The summed E-state index contributed by atoms with van der Waals surface area (Å²) in [5.41, 5.74) is 5.91. The van der Waals surface area contributed by atoms with Crippen molar-refractivity contribution in [1.82, 2.24) is 9.97 Å². The maximum absolute atomic E-state index is 12.7.